The summed E-state index contributed by atoms with van der Waals surface area (Å²) >= 11 is 7.12. The van der Waals surface area contributed by atoms with Crippen molar-refractivity contribution in [3.05, 3.63) is 104 Å². The average Bonchev–Trinajstić information content (AvgIpc) is 3.21. The van der Waals surface area contributed by atoms with E-state index in [1.807, 2.05) is 30.3 Å². The highest BCUT2D eigenvalue weighted by Crippen LogP contribution is 2.23. The topological polar surface area (TPSA) is 127 Å². The first-order valence-electron chi connectivity index (χ1n) is 11.2. The first-order valence-corrected chi connectivity index (χ1v) is 12.4. The molecule has 0 aliphatic rings. The fraction of sp³-hybridized carbons (Fsp3) is 0.111. The zero-order valence-electron chi connectivity index (χ0n) is 20.0. The highest BCUT2D eigenvalue weighted by Gasteiger charge is 2.16. The molecule has 4 aromatic rings. The highest BCUT2D eigenvalue weighted by molar-refractivity contribution is 7.16. The van der Waals surface area contributed by atoms with E-state index in [0.29, 0.717) is 28.6 Å². The van der Waals surface area contributed by atoms with E-state index >= 15 is 0 Å². The maximum Gasteiger partial charge on any atom is 0.343 e. The zero-order valence-corrected chi connectivity index (χ0v) is 21.5. The number of thiazole rings is 1. The third kappa shape index (κ3) is 6.10. The molecule has 1 aromatic heterocycles. The highest BCUT2D eigenvalue weighted by atomic mass is 35.5. The number of fused-ring (bicyclic) bond motifs is 1. The number of hydrogen-bond donors (Lipinski definition) is 2. The molecule has 3 aromatic carbocycles. The Labute approximate surface area is 225 Å². The first-order chi connectivity index (χ1) is 18.3. The number of aliphatic carboxylic acids is 2. The Morgan fingerprint density at radius 2 is 1.66 bits per heavy atom. The second-order valence-electron chi connectivity index (χ2n) is 7.92. The lowest BCUT2D eigenvalue weighted by molar-refractivity contribution is -0.140. The van der Waals surface area contributed by atoms with E-state index in [9.17, 15) is 14.4 Å². The summed E-state index contributed by atoms with van der Waals surface area (Å²) in [6, 6.07) is 19.1. The number of oxime groups is 1. The zero-order chi connectivity index (χ0) is 27.2. The van der Waals surface area contributed by atoms with Crippen molar-refractivity contribution in [3.8, 4) is 5.75 Å². The van der Waals surface area contributed by atoms with E-state index in [0.717, 1.165) is 38.8 Å². The Hall–Kier alpha value is -4.41. The van der Waals surface area contributed by atoms with Gasteiger partial charge in [-0.3, -0.25) is 9.36 Å². The minimum atomic E-state index is -1.52. The smallest absolute Gasteiger partial charge is 0.343 e. The van der Waals surface area contributed by atoms with E-state index in [-0.39, 0.29) is 11.5 Å². The molecule has 1 heterocycles. The number of carboxylic acids is 2. The molecular weight excluding hydrogens is 532 g/mol. The molecule has 194 valence electrons. The fourth-order valence-corrected chi connectivity index (χ4v) is 4.78. The Kier molecular flexibility index (Phi) is 8.25. The van der Waals surface area contributed by atoms with Gasteiger partial charge in [-0.25, -0.2) is 9.59 Å². The fourth-order valence-electron chi connectivity index (χ4n) is 3.69. The number of hydrogen-bond acceptors (Lipinski definition) is 7. The summed E-state index contributed by atoms with van der Waals surface area (Å²) in [6.45, 7) is 0.511. The monoisotopic (exact) mass is 552 g/mol. The van der Waals surface area contributed by atoms with E-state index in [2.05, 4.69) is 5.16 Å². The van der Waals surface area contributed by atoms with Gasteiger partial charge < -0.3 is 19.8 Å². The van der Waals surface area contributed by atoms with E-state index in [4.69, 9.17) is 31.4 Å². The van der Waals surface area contributed by atoms with Crippen LogP contribution in [0.2, 0.25) is 5.02 Å². The van der Waals surface area contributed by atoms with Crippen molar-refractivity contribution in [1.82, 2.24) is 4.57 Å². The van der Waals surface area contributed by atoms with Gasteiger partial charge in [0, 0.05) is 16.1 Å². The van der Waals surface area contributed by atoms with Crippen LogP contribution < -0.4 is 9.61 Å². The minimum absolute atomic E-state index is 0.132. The third-order valence-corrected chi connectivity index (χ3v) is 6.67. The van der Waals surface area contributed by atoms with E-state index in [1.54, 1.807) is 41.0 Å². The molecular formula is C27H21ClN2O7S. The van der Waals surface area contributed by atoms with Crippen LogP contribution in [0.5, 0.6) is 5.75 Å². The van der Waals surface area contributed by atoms with Crippen LogP contribution in [0.4, 0.5) is 0 Å². The standard InChI is InChI=1S/C27H21ClN2O7S/c1-36-29-24(17-4-7-19(28)8-5-17)18-6-11-22-23(15-18)38-27(35)30(22)12-13-37-20-9-2-16(3-10-20)14-21(25(31)32)26(33)34/h2-11,14-15H,12-13H2,1H3,(H,31,32)(H,33,34)/b29-24-. The second kappa shape index (κ2) is 11.8. The molecule has 38 heavy (non-hydrogen) atoms. The number of nitrogens with zero attached hydrogens (tertiary/aromatic N) is 2. The number of carboxylic acid groups (broad SMARTS) is 2. The van der Waals surface area contributed by atoms with Gasteiger partial charge >= 0.3 is 16.8 Å². The SMILES string of the molecule is CO/N=C(/c1ccc(Cl)cc1)c1ccc2c(c1)sc(=O)n2CCOc1ccc(C=C(C(=O)O)C(=O)O)cc1. The number of benzene rings is 3. The molecule has 0 fully saturated rings. The Morgan fingerprint density at radius 1 is 1.00 bits per heavy atom. The second-order valence-corrected chi connectivity index (χ2v) is 9.35. The molecule has 0 aliphatic heterocycles. The quantitative estimate of drug-likeness (QED) is 0.0955. The number of rotatable bonds is 10. The van der Waals surface area contributed by atoms with Crippen molar-refractivity contribution < 1.29 is 29.4 Å². The van der Waals surface area contributed by atoms with Crippen LogP contribution in [0.1, 0.15) is 16.7 Å². The van der Waals surface area contributed by atoms with E-state index < -0.39 is 17.5 Å². The summed E-state index contributed by atoms with van der Waals surface area (Å²) in [6.07, 6.45) is 1.06. The first kappa shape index (κ1) is 26.6. The molecule has 0 radical (unpaired) electrons. The average molecular weight is 553 g/mol. The van der Waals surface area contributed by atoms with Gasteiger partial charge in [-0.1, -0.05) is 58.4 Å². The number of ether oxygens (including phenoxy) is 1. The molecule has 0 aliphatic carbocycles. The molecule has 0 amide bonds. The molecule has 0 atom stereocenters. The van der Waals surface area contributed by atoms with Crippen molar-refractivity contribution >= 4 is 56.9 Å². The predicted molar refractivity (Wildman–Crippen MR) is 145 cm³/mol. The van der Waals surface area contributed by atoms with Crippen LogP contribution in [0.25, 0.3) is 16.3 Å². The largest absolute Gasteiger partial charge is 0.492 e. The van der Waals surface area contributed by atoms with Gasteiger partial charge in [-0.2, -0.15) is 0 Å². The summed E-state index contributed by atoms with van der Waals surface area (Å²) in [5.74, 6) is -2.55. The maximum atomic E-state index is 12.7. The van der Waals surface area contributed by atoms with Gasteiger partial charge in [0.15, 0.2) is 0 Å². The Morgan fingerprint density at radius 3 is 2.29 bits per heavy atom. The molecule has 4 rings (SSSR count). The van der Waals surface area contributed by atoms with Crippen LogP contribution in [-0.2, 0) is 21.0 Å². The predicted octanol–water partition coefficient (Wildman–Crippen LogP) is 4.75. The van der Waals surface area contributed by atoms with Crippen LogP contribution in [-0.4, -0.2) is 46.1 Å². The maximum absolute atomic E-state index is 12.7. The lowest BCUT2D eigenvalue weighted by Crippen LogP contribution is -2.17. The van der Waals surface area contributed by atoms with Crippen LogP contribution in [0, 0.1) is 0 Å². The molecule has 9 nitrogen and oxygen atoms in total. The molecule has 0 saturated carbocycles. The number of carbonyl (C=O) groups is 2. The third-order valence-electron chi connectivity index (χ3n) is 5.48. The Bertz CT molecular complexity index is 1590. The summed E-state index contributed by atoms with van der Waals surface area (Å²) in [4.78, 5) is 39.7. The van der Waals surface area contributed by atoms with Crippen molar-refractivity contribution in [2.24, 2.45) is 5.16 Å². The van der Waals surface area contributed by atoms with Gasteiger partial charge in [-0.05, 0) is 48.0 Å². The van der Waals surface area contributed by atoms with Gasteiger partial charge in [0.2, 0.25) is 0 Å². The molecule has 2 N–H and O–H groups in total. The summed E-state index contributed by atoms with van der Waals surface area (Å²) in [5, 5.41) is 22.7. The van der Waals surface area contributed by atoms with E-state index in [1.165, 1.54) is 7.11 Å². The van der Waals surface area contributed by atoms with Crippen molar-refractivity contribution in [2.45, 2.75) is 6.54 Å². The normalized spacial score (nSPS) is 11.3. The van der Waals surface area contributed by atoms with Crippen molar-refractivity contribution in [1.29, 1.82) is 0 Å². The molecule has 11 heteroatoms. The minimum Gasteiger partial charge on any atom is -0.492 e. The molecule has 0 unspecified atom stereocenters. The van der Waals surface area contributed by atoms with Gasteiger partial charge in [0.1, 0.15) is 30.8 Å². The molecule has 0 spiro atoms. The Balaban J connectivity index is 1.48. The van der Waals surface area contributed by atoms with Gasteiger partial charge in [0.05, 0.1) is 16.8 Å². The van der Waals surface area contributed by atoms with Crippen LogP contribution in [0.15, 0.2) is 82.3 Å². The lowest BCUT2D eigenvalue weighted by Gasteiger charge is -2.09. The van der Waals surface area contributed by atoms with Crippen LogP contribution >= 0.6 is 22.9 Å². The number of halogens is 1. The molecule has 0 saturated heterocycles. The molecule has 0 bridgehead atoms. The summed E-state index contributed by atoms with van der Waals surface area (Å²) in [5.41, 5.74) is 2.64. The van der Waals surface area contributed by atoms with Crippen molar-refractivity contribution in [2.75, 3.05) is 13.7 Å². The van der Waals surface area contributed by atoms with Gasteiger partial charge in [0.25, 0.3) is 0 Å². The number of aromatic nitrogens is 1. The summed E-state index contributed by atoms with van der Waals surface area (Å²) in [7, 11) is 1.47. The van der Waals surface area contributed by atoms with Gasteiger partial charge in [-0.15, -0.1) is 0 Å². The lowest BCUT2D eigenvalue weighted by atomic mass is 10.0. The summed E-state index contributed by atoms with van der Waals surface area (Å²) < 4.78 is 8.16. The van der Waals surface area contributed by atoms with Crippen molar-refractivity contribution in [3.63, 3.8) is 0 Å². The van der Waals surface area contributed by atoms with Crippen LogP contribution in [0.3, 0.4) is 0 Å².